The Bertz CT molecular complexity index is 1730. The molecule has 5 atom stereocenters. The van der Waals surface area contributed by atoms with Crippen molar-refractivity contribution in [3.8, 4) is 17.3 Å². The van der Waals surface area contributed by atoms with Gasteiger partial charge in [0, 0.05) is 62.5 Å². The molecular weight excluding hydrogens is 626 g/mol. The fourth-order valence-electron chi connectivity index (χ4n) is 6.29. The maximum Gasteiger partial charge on any atom is 0.251 e. The molecule has 2 aliphatic rings. The Kier molecular flexibility index (Phi) is 11.3. The molecule has 0 aliphatic carbocycles. The number of rotatable bonds is 12. The van der Waals surface area contributed by atoms with E-state index in [4.69, 9.17) is 9.47 Å². The average Bonchev–Trinajstić information content (AvgIpc) is 3.45. The van der Waals surface area contributed by atoms with Gasteiger partial charge in [-0.15, -0.1) is 0 Å². The summed E-state index contributed by atoms with van der Waals surface area (Å²) < 4.78 is 42.2. The Morgan fingerprint density at radius 3 is 2.45 bits per heavy atom. The third-order valence-corrected chi connectivity index (χ3v) is 10.5. The van der Waals surface area contributed by atoms with Crippen molar-refractivity contribution in [3.05, 3.63) is 59.1 Å². The van der Waals surface area contributed by atoms with Crippen molar-refractivity contribution >= 4 is 32.1 Å². The molecule has 2 saturated heterocycles. The number of nitrogens with one attached hydrogen (secondary N) is 2. The van der Waals surface area contributed by atoms with Crippen LogP contribution in [0.2, 0.25) is 0 Å². The quantitative estimate of drug-likeness (QED) is 0.151. The van der Waals surface area contributed by atoms with E-state index in [9.17, 15) is 34.1 Å². The molecule has 1 aromatic heterocycles. The third kappa shape index (κ3) is 7.70. The van der Waals surface area contributed by atoms with Crippen LogP contribution in [0.3, 0.4) is 0 Å². The molecule has 3 heterocycles. The highest BCUT2D eigenvalue weighted by Gasteiger charge is 2.46. The first kappa shape index (κ1) is 35.0. The number of ether oxygens (including phenoxy) is 2. The van der Waals surface area contributed by atoms with Crippen LogP contribution in [-0.4, -0.2) is 121 Å². The molecular formula is C33H43N5O8S. The zero-order valence-electron chi connectivity index (χ0n) is 26.5. The zero-order valence-corrected chi connectivity index (χ0v) is 27.4. The van der Waals surface area contributed by atoms with Crippen molar-refractivity contribution in [2.75, 3.05) is 57.9 Å². The Hall–Kier alpha value is -3.36. The van der Waals surface area contributed by atoms with Crippen LogP contribution in [0.25, 0.3) is 27.6 Å². The lowest BCUT2D eigenvalue weighted by Crippen LogP contribution is -2.64. The Balaban J connectivity index is 1.34. The molecule has 0 amide bonds. The second-order valence-electron chi connectivity index (χ2n) is 11.9. The number of fused-ring (bicyclic) bond motifs is 1. The molecule has 0 saturated carbocycles. The minimum Gasteiger partial charge on any atom is -0.396 e. The number of allylic oxidation sites excluding steroid dienone is 2. The maximum absolute atomic E-state index is 13.5. The largest absolute Gasteiger partial charge is 0.396 e. The minimum absolute atomic E-state index is 0.0717. The Labute approximate surface area is 274 Å². The summed E-state index contributed by atoms with van der Waals surface area (Å²) in [6, 6.07) is 16.3. The summed E-state index contributed by atoms with van der Waals surface area (Å²) >= 11 is 0. The van der Waals surface area contributed by atoms with Crippen molar-refractivity contribution < 1.29 is 38.3 Å². The molecule has 2 aliphatic heterocycles. The van der Waals surface area contributed by atoms with Crippen molar-refractivity contribution in [1.29, 1.82) is 5.26 Å². The van der Waals surface area contributed by atoms with E-state index in [1.807, 2.05) is 28.8 Å². The van der Waals surface area contributed by atoms with Gasteiger partial charge in [0.05, 0.1) is 32.0 Å². The van der Waals surface area contributed by atoms with E-state index < -0.39 is 58.6 Å². The minimum atomic E-state index is -4.52. The van der Waals surface area contributed by atoms with Crippen LogP contribution in [0.1, 0.15) is 19.0 Å². The molecule has 2 aromatic carbocycles. The highest BCUT2D eigenvalue weighted by atomic mass is 32.2. The van der Waals surface area contributed by atoms with Crippen LogP contribution < -0.4 is 10.0 Å². The van der Waals surface area contributed by atoms with E-state index >= 15 is 0 Å². The molecule has 254 valence electrons. The molecule has 3 aromatic rings. The van der Waals surface area contributed by atoms with Crippen LogP contribution in [-0.2, 0) is 26.5 Å². The lowest BCUT2D eigenvalue weighted by atomic mass is 9.92. The number of nitriles is 1. The van der Waals surface area contributed by atoms with E-state index in [1.165, 1.54) is 6.92 Å². The van der Waals surface area contributed by atoms with Crippen molar-refractivity contribution in [2.24, 2.45) is 7.05 Å². The van der Waals surface area contributed by atoms with Gasteiger partial charge < -0.3 is 39.8 Å². The first-order valence-corrected chi connectivity index (χ1v) is 17.2. The number of anilines is 1. The van der Waals surface area contributed by atoms with E-state index in [-0.39, 0.29) is 12.0 Å². The zero-order chi connectivity index (χ0) is 33.7. The lowest BCUT2D eigenvalue weighted by molar-refractivity contribution is -0.194. The lowest BCUT2D eigenvalue weighted by Gasteiger charge is -2.42. The number of benzene rings is 2. The van der Waals surface area contributed by atoms with Crippen LogP contribution in [0.4, 0.5) is 5.69 Å². The summed E-state index contributed by atoms with van der Waals surface area (Å²) in [5.74, 6) is 0. The fourth-order valence-corrected chi connectivity index (χ4v) is 7.68. The highest BCUT2D eigenvalue weighted by molar-refractivity contribution is 7.93. The summed E-state index contributed by atoms with van der Waals surface area (Å²) in [7, 11) is -2.74. The van der Waals surface area contributed by atoms with Gasteiger partial charge in [-0.25, -0.2) is 13.1 Å². The Morgan fingerprint density at radius 2 is 1.74 bits per heavy atom. The van der Waals surface area contributed by atoms with Gasteiger partial charge in [0.1, 0.15) is 24.4 Å². The third-order valence-electron chi connectivity index (χ3n) is 8.95. The summed E-state index contributed by atoms with van der Waals surface area (Å²) in [4.78, 5) is 1.82. The molecule has 14 heteroatoms. The average molecular weight is 670 g/mol. The second-order valence-corrected chi connectivity index (χ2v) is 13.6. The van der Waals surface area contributed by atoms with E-state index in [0.717, 1.165) is 67.1 Å². The predicted octanol–water partition coefficient (Wildman–Crippen LogP) is 0.996. The highest BCUT2D eigenvalue weighted by Crippen LogP contribution is 2.32. The molecule has 47 heavy (non-hydrogen) atoms. The summed E-state index contributed by atoms with van der Waals surface area (Å²) in [5, 5.41) is 55.6. The Morgan fingerprint density at radius 1 is 1.02 bits per heavy atom. The van der Waals surface area contributed by atoms with Crippen molar-refractivity contribution in [1.82, 2.24) is 14.2 Å². The van der Waals surface area contributed by atoms with Crippen LogP contribution >= 0.6 is 0 Å². The van der Waals surface area contributed by atoms with E-state index in [0.29, 0.717) is 5.69 Å². The van der Waals surface area contributed by atoms with Gasteiger partial charge in [0.25, 0.3) is 10.0 Å². The molecule has 2 fully saturated rings. The number of morpholine rings is 1. The van der Waals surface area contributed by atoms with Crippen LogP contribution in [0, 0.1) is 11.3 Å². The first-order chi connectivity index (χ1) is 22.6. The van der Waals surface area contributed by atoms with Gasteiger partial charge in [-0.2, -0.15) is 5.26 Å². The smallest absolute Gasteiger partial charge is 0.251 e. The molecule has 1 unspecified atom stereocenters. The molecule has 5 rings (SSSR count). The number of nitrogens with zero attached hydrogens (tertiary/aromatic N) is 3. The number of hydrogen-bond acceptors (Lipinski definition) is 11. The van der Waals surface area contributed by atoms with E-state index in [2.05, 4.69) is 33.1 Å². The normalized spacial score (nSPS) is 24.6. The number of aliphatic hydroxyl groups is 4. The van der Waals surface area contributed by atoms with Crippen molar-refractivity contribution in [2.45, 2.75) is 43.8 Å². The summed E-state index contributed by atoms with van der Waals surface area (Å²) in [6.45, 7) is 5.77. The van der Waals surface area contributed by atoms with Gasteiger partial charge >= 0.3 is 0 Å². The predicted molar refractivity (Wildman–Crippen MR) is 178 cm³/mol. The first-order valence-electron chi connectivity index (χ1n) is 15.7. The van der Waals surface area contributed by atoms with E-state index in [1.54, 1.807) is 19.2 Å². The van der Waals surface area contributed by atoms with Gasteiger partial charge in [-0.3, -0.25) is 4.90 Å². The standard InChI is InChI=1S/C33H43N5O8S/c1-21(30(19-34)47(43,44)36-31-28(9-14-39)46-29(20-40)32(41)33(31)42)26-7-8-27(37(26)2)24-4-3-23-18-25(6-5-22(23)17-24)35-10-11-38-12-15-45-16-13-38/h3-8,17-18,28-29,31-33,35-36,39-42H,9-16,20H2,1-2H3/b30-21+/t28?,29-,31+,32-,33-/m1/s1. The van der Waals surface area contributed by atoms with Gasteiger partial charge in [0.2, 0.25) is 0 Å². The number of hydrogen-bond donors (Lipinski definition) is 6. The van der Waals surface area contributed by atoms with Crippen molar-refractivity contribution in [3.63, 3.8) is 0 Å². The van der Waals surface area contributed by atoms with Crippen LogP contribution in [0.5, 0.6) is 0 Å². The SMILES string of the molecule is C/C(=C(/C#N)S(=O)(=O)N[C@H]1C(CCO)O[C@H](CO)[C@@H](O)[C@@H]1O)c1ccc(-c2ccc3cc(NCCN4CCOCC4)ccc3c2)n1C. The second kappa shape index (κ2) is 15.2. The van der Waals surface area contributed by atoms with Gasteiger partial charge in [-0.05, 0) is 60.0 Å². The molecule has 0 spiro atoms. The maximum atomic E-state index is 13.5. The molecule has 6 N–H and O–H groups in total. The monoisotopic (exact) mass is 669 g/mol. The fraction of sp³-hybridized carbons (Fsp3) is 0.485. The molecule has 0 bridgehead atoms. The topological polar surface area (TPSA) is 190 Å². The molecule has 13 nitrogen and oxygen atoms in total. The summed E-state index contributed by atoms with van der Waals surface area (Å²) in [6.07, 6.45) is -5.52. The number of aromatic nitrogens is 1. The van der Waals surface area contributed by atoms with Crippen LogP contribution in [0.15, 0.2) is 53.4 Å². The van der Waals surface area contributed by atoms with Gasteiger partial charge in [0.15, 0.2) is 4.91 Å². The number of sulfonamides is 1. The number of aliphatic hydroxyl groups excluding tert-OH is 4. The molecule has 0 radical (unpaired) electrons. The summed E-state index contributed by atoms with van der Waals surface area (Å²) in [5.41, 5.74) is 3.44. The van der Waals surface area contributed by atoms with Gasteiger partial charge in [-0.1, -0.05) is 18.2 Å².